The third kappa shape index (κ3) is 3.31. The molecule has 2 heteroatoms. The third-order valence-electron chi connectivity index (χ3n) is 6.31. The van der Waals surface area contributed by atoms with Gasteiger partial charge in [-0.15, -0.1) is 0 Å². The van der Waals surface area contributed by atoms with Crippen LogP contribution in [0.1, 0.15) is 66.2 Å². The van der Waals surface area contributed by atoms with Gasteiger partial charge in [-0.1, -0.05) is 58.4 Å². The number of aliphatic carboxylic acids is 1. The summed E-state index contributed by atoms with van der Waals surface area (Å²) in [6.45, 7) is 13.6. The first-order valence-electron chi connectivity index (χ1n) is 8.75. The molecule has 1 N–H and O–H groups in total. The molecular weight excluding hydrogens is 272 g/mol. The number of carboxylic acid groups (broad SMARTS) is 1. The van der Waals surface area contributed by atoms with Gasteiger partial charge in [-0.2, -0.15) is 0 Å². The molecule has 0 aromatic heterocycles. The molecule has 22 heavy (non-hydrogen) atoms. The summed E-state index contributed by atoms with van der Waals surface area (Å²) in [4.78, 5) is 10.9. The van der Waals surface area contributed by atoms with E-state index in [2.05, 4.69) is 46.4 Å². The fraction of sp³-hybridized carbons (Fsp3) is 0.750. The summed E-state index contributed by atoms with van der Waals surface area (Å²) in [7, 11) is 0. The van der Waals surface area contributed by atoms with Crippen LogP contribution in [0.3, 0.4) is 0 Å². The zero-order valence-corrected chi connectivity index (χ0v) is 14.7. The van der Waals surface area contributed by atoms with Crippen molar-refractivity contribution in [1.29, 1.82) is 0 Å². The molecule has 1 fully saturated rings. The Labute approximate surface area is 135 Å². The molecule has 0 heterocycles. The van der Waals surface area contributed by atoms with Gasteiger partial charge in [0.15, 0.2) is 0 Å². The molecule has 0 amide bonds. The first-order chi connectivity index (χ1) is 10.2. The van der Waals surface area contributed by atoms with Gasteiger partial charge in [0, 0.05) is 6.42 Å². The Morgan fingerprint density at radius 3 is 2.73 bits per heavy atom. The summed E-state index contributed by atoms with van der Waals surface area (Å²) in [5.74, 6) is 0.671. The number of carbonyl (C=O) groups is 1. The Morgan fingerprint density at radius 1 is 1.41 bits per heavy atom. The van der Waals surface area contributed by atoms with Crippen LogP contribution in [-0.2, 0) is 4.79 Å². The second kappa shape index (κ2) is 6.22. The van der Waals surface area contributed by atoms with Crippen LogP contribution in [0.2, 0.25) is 0 Å². The van der Waals surface area contributed by atoms with Crippen LogP contribution in [0, 0.1) is 28.6 Å². The van der Waals surface area contributed by atoms with Gasteiger partial charge in [-0.25, -0.2) is 0 Å². The van der Waals surface area contributed by atoms with E-state index < -0.39 is 5.97 Å². The number of rotatable bonds is 5. The number of hydrogen-bond acceptors (Lipinski definition) is 1. The van der Waals surface area contributed by atoms with Crippen LogP contribution in [0.15, 0.2) is 24.3 Å². The SMILES string of the molecule is C=C1C=CC2C(C)(C)CCCC2(C)C1CCC(C)CC(=O)O. The van der Waals surface area contributed by atoms with E-state index in [1.54, 1.807) is 0 Å². The lowest BCUT2D eigenvalue weighted by molar-refractivity contribution is -0.138. The average molecular weight is 304 g/mol. The van der Waals surface area contributed by atoms with E-state index in [4.69, 9.17) is 5.11 Å². The largest absolute Gasteiger partial charge is 0.481 e. The maximum atomic E-state index is 10.9. The first-order valence-corrected chi connectivity index (χ1v) is 8.75. The van der Waals surface area contributed by atoms with Gasteiger partial charge in [0.2, 0.25) is 0 Å². The highest BCUT2D eigenvalue weighted by Crippen LogP contribution is 2.59. The summed E-state index contributed by atoms with van der Waals surface area (Å²) >= 11 is 0. The summed E-state index contributed by atoms with van der Waals surface area (Å²) in [6, 6.07) is 0. The molecule has 2 nitrogen and oxygen atoms in total. The van der Waals surface area contributed by atoms with E-state index in [9.17, 15) is 4.79 Å². The highest BCUT2D eigenvalue weighted by atomic mass is 16.4. The van der Waals surface area contributed by atoms with Crippen LogP contribution in [0.5, 0.6) is 0 Å². The average Bonchev–Trinajstić information content (AvgIpc) is 2.35. The normalized spacial score (nSPS) is 35.0. The standard InChI is InChI=1S/C20H32O2/c1-14(13-18(21)22)7-9-16-15(2)8-10-17-19(3,4)11-6-12-20(16,17)5/h8,10,14,16-17H,2,6-7,9,11-13H2,1,3-5H3,(H,21,22). The predicted octanol–water partition coefficient (Wildman–Crippen LogP) is 5.45. The quantitative estimate of drug-likeness (QED) is 0.733. The summed E-state index contributed by atoms with van der Waals surface area (Å²) in [6.07, 6.45) is 10.8. The fourth-order valence-corrected chi connectivity index (χ4v) is 5.13. The Kier molecular flexibility index (Phi) is 4.89. The van der Waals surface area contributed by atoms with Crippen molar-refractivity contribution in [1.82, 2.24) is 0 Å². The van der Waals surface area contributed by atoms with Crippen molar-refractivity contribution in [3.8, 4) is 0 Å². The summed E-state index contributed by atoms with van der Waals surface area (Å²) in [5.41, 5.74) is 1.89. The van der Waals surface area contributed by atoms with E-state index in [1.165, 1.54) is 24.8 Å². The molecule has 0 radical (unpaired) electrons. The second-order valence-electron chi connectivity index (χ2n) is 8.59. The Bertz CT molecular complexity index is 474. The fourth-order valence-electron chi connectivity index (χ4n) is 5.13. The van der Waals surface area contributed by atoms with E-state index in [0.717, 1.165) is 12.8 Å². The minimum atomic E-state index is -0.683. The van der Waals surface area contributed by atoms with Crippen molar-refractivity contribution in [2.75, 3.05) is 0 Å². The van der Waals surface area contributed by atoms with Gasteiger partial charge >= 0.3 is 5.97 Å². The highest BCUT2D eigenvalue weighted by molar-refractivity contribution is 5.66. The zero-order chi connectivity index (χ0) is 16.5. The van der Waals surface area contributed by atoms with E-state index >= 15 is 0 Å². The van der Waals surface area contributed by atoms with Crippen LogP contribution < -0.4 is 0 Å². The lowest BCUT2D eigenvalue weighted by atomic mass is 9.49. The third-order valence-corrected chi connectivity index (χ3v) is 6.31. The van der Waals surface area contributed by atoms with E-state index in [1.807, 2.05) is 0 Å². The number of carboxylic acids is 1. The summed E-state index contributed by atoms with van der Waals surface area (Å²) < 4.78 is 0. The zero-order valence-electron chi connectivity index (χ0n) is 14.7. The lowest BCUT2D eigenvalue weighted by Gasteiger charge is -2.56. The van der Waals surface area contributed by atoms with Gasteiger partial charge in [-0.05, 0) is 54.3 Å². The molecule has 0 bridgehead atoms. The molecule has 2 aliphatic carbocycles. The van der Waals surface area contributed by atoms with Gasteiger partial charge in [0.1, 0.15) is 0 Å². The molecular formula is C20H32O2. The van der Waals surface area contributed by atoms with Crippen molar-refractivity contribution in [2.24, 2.45) is 28.6 Å². The molecule has 2 rings (SSSR count). The van der Waals surface area contributed by atoms with E-state index in [0.29, 0.717) is 17.3 Å². The molecule has 0 aromatic carbocycles. The molecule has 0 aromatic rings. The molecule has 4 atom stereocenters. The monoisotopic (exact) mass is 304 g/mol. The van der Waals surface area contributed by atoms with Gasteiger partial charge in [0.05, 0.1) is 0 Å². The van der Waals surface area contributed by atoms with Gasteiger partial charge in [0.25, 0.3) is 0 Å². The maximum Gasteiger partial charge on any atom is 0.303 e. The lowest BCUT2D eigenvalue weighted by Crippen LogP contribution is -2.47. The highest BCUT2D eigenvalue weighted by Gasteiger charge is 2.50. The summed E-state index contributed by atoms with van der Waals surface area (Å²) in [5, 5.41) is 8.95. The van der Waals surface area contributed by atoms with Crippen molar-refractivity contribution in [2.45, 2.75) is 66.2 Å². The minimum Gasteiger partial charge on any atom is -0.481 e. The van der Waals surface area contributed by atoms with E-state index in [-0.39, 0.29) is 17.8 Å². The Hall–Kier alpha value is -1.05. The van der Waals surface area contributed by atoms with Crippen LogP contribution in [0.25, 0.3) is 0 Å². The Morgan fingerprint density at radius 2 is 2.09 bits per heavy atom. The molecule has 4 unspecified atom stereocenters. The number of hydrogen-bond donors (Lipinski definition) is 1. The predicted molar refractivity (Wildman–Crippen MR) is 91.6 cm³/mol. The molecule has 1 saturated carbocycles. The second-order valence-corrected chi connectivity index (χ2v) is 8.59. The minimum absolute atomic E-state index is 0.245. The number of allylic oxidation sites excluding steroid dienone is 3. The molecule has 0 saturated heterocycles. The number of fused-ring (bicyclic) bond motifs is 1. The Balaban J connectivity index is 2.14. The first kappa shape index (κ1) is 17.3. The van der Waals surface area contributed by atoms with Crippen LogP contribution in [0.4, 0.5) is 0 Å². The van der Waals surface area contributed by atoms with Crippen LogP contribution >= 0.6 is 0 Å². The van der Waals surface area contributed by atoms with Crippen LogP contribution in [-0.4, -0.2) is 11.1 Å². The molecule has 0 aliphatic heterocycles. The molecule has 2 aliphatic rings. The topological polar surface area (TPSA) is 37.3 Å². The van der Waals surface area contributed by atoms with Crippen molar-refractivity contribution < 1.29 is 9.90 Å². The smallest absolute Gasteiger partial charge is 0.303 e. The van der Waals surface area contributed by atoms with Crippen molar-refractivity contribution in [3.05, 3.63) is 24.3 Å². The molecule has 124 valence electrons. The van der Waals surface area contributed by atoms with Crippen molar-refractivity contribution >= 4 is 5.97 Å². The maximum absolute atomic E-state index is 10.9. The van der Waals surface area contributed by atoms with Gasteiger partial charge in [-0.3, -0.25) is 4.79 Å². The van der Waals surface area contributed by atoms with Gasteiger partial charge < -0.3 is 5.11 Å². The molecule has 0 spiro atoms. The van der Waals surface area contributed by atoms with Crippen molar-refractivity contribution in [3.63, 3.8) is 0 Å².